The number of nitrogens with one attached hydrogen (secondary N) is 1. The molecular formula is C14H18N4O4S. The number of hydrogen-bond donors (Lipinski definition) is 1. The molecule has 3 heterocycles. The lowest BCUT2D eigenvalue weighted by Crippen LogP contribution is -2.24. The molecule has 1 aliphatic heterocycles. The van der Waals surface area contributed by atoms with E-state index in [0.29, 0.717) is 29.1 Å². The molecule has 0 spiro atoms. The second-order valence-corrected chi connectivity index (χ2v) is 7.99. The molecule has 1 saturated heterocycles. The normalized spacial score (nSPS) is 19.8. The van der Waals surface area contributed by atoms with Crippen molar-refractivity contribution in [3.05, 3.63) is 35.0 Å². The van der Waals surface area contributed by atoms with Crippen LogP contribution in [0.25, 0.3) is 0 Å². The summed E-state index contributed by atoms with van der Waals surface area (Å²) in [6.45, 7) is 3.81. The van der Waals surface area contributed by atoms with E-state index in [-0.39, 0.29) is 30.0 Å². The van der Waals surface area contributed by atoms with Gasteiger partial charge in [-0.25, -0.2) is 8.42 Å². The SMILES string of the molecule is Cc1cc(CNC(=O)c2cnn(C3CCS(=O)(=O)C3)c2C)no1. The largest absolute Gasteiger partial charge is 0.361 e. The quantitative estimate of drug-likeness (QED) is 0.882. The number of aromatic nitrogens is 3. The monoisotopic (exact) mass is 338 g/mol. The second-order valence-electron chi connectivity index (χ2n) is 5.76. The summed E-state index contributed by atoms with van der Waals surface area (Å²) in [5.74, 6) is 0.662. The van der Waals surface area contributed by atoms with Crippen molar-refractivity contribution in [2.45, 2.75) is 32.9 Å². The molecule has 2 aromatic rings. The lowest BCUT2D eigenvalue weighted by atomic mass is 10.2. The van der Waals surface area contributed by atoms with Gasteiger partial charge in [0.25, 0.3) is 5.91 Å². The van der Waals surface area contributed by atoms with Gasteiger partial charge in [0.1, 0.15) is 11.5 Å². The maximum atomic E-state index is 12.3. The first-order chi connectivity index (χ1) is 10.9. The summed E-state index contributed by atoms with van der Waals surface area (Å²) in [6, 6.07) is 1.56. The number of sulfone groups is 1. The number of nitrogens with zero attached hydrogens (tertiary/aromatic N) is 3. The van der Waals surface area contributed by atoms with Gasteiger partial charge < -0.3 is 9.84 Å². The zero-order chi connectivity index (χ0) is 16.6. The topological polar surface area (TPSA) is 107 Å². The summed E-state index contributed by atoms with van der Waals surface area (Å²) in [5, 5.41) is 10.8. The van der Waals surface area contributed by atoms with Gasteiger partial charge in [-0.2, -0.15) is 5.10 Å². The lowest BCUT2D eigenvalue weighted by Gasteiger charge is -2.11. The Morgan fingerprint density at radius 3 is 2.87 bits per heavy atom. The van der Waals surface area contributed by atoms with E-state index in [1.165, 1.54) is 6.20 Å². The van der Waals surface area contributed by atoms with Crippen LogP contribution in [0.5, 0.6) is 0 Å². The lowest BCUT2D eigenvalue weighted by molar-refractivity contribution is 0.0949. The van der Waals surface area contributed by atoms with Crippen LogP contribution in [0, 0.1) is 13.8 Å². The minimum Gasteiger partial charge on any atom is -0.361 e. The minimum atomic E-state index is -3.00. The Labute approximate surface area is 133 Å². The van der Waals surface area contributed by atoms with Gasteiger partial charge in [-0.3, -0.25) is 9.48 Å². The van der Waals surface area contributed by atoms with Crippen LogP contribution in [-0.4, -0.2) is 40.8 Å². The number of carbonyl (C=O) groups excluding carboxylic acids is 1. The molecule has 0 aromatic carbocycles. The van der Waals surface area contributed by atoms with Gasteiger partial charge in [0, 0.05) is 11.8 Å². The summed E-state index contributed by atoms with van der Waals surface area (Å²) in [5.41, 5.74) is 1.75. The molecule has 23 heavy (non-hydrogen) atoms. The molecule has 1 N–H and O–H groups in total. The molecule has 1 aliphatic rings. The Morgan fingerprint density at radius 2 is 2.26 bits per heavy atom. The molecule has 1 atom stereocenters. The average Bonchev–Trinajstić information content (AvgIpc) is 3.15. The summed E-state index contributed by atoms with van der Waals surface area (Å²) < 4.78 is 29.8. The molecule has 0 radical (unpaired) electrons. The van der Waals surface area contributed by atoms with E-state index in [2.05, 4.69) is 15.6 Å². The van der Waals surface area contributed by atoms with Gasteiger partial charge in [0.15, 0.2) is 9.84 Å². The Kier molecular flexibility index (Phi) is 3.97. The van der Waals surface area contributed by atoms with Crippen molar-refractivity contribution in [1.29, 1.82) is 0 Å². The van der Waals surface area contributed by atoms with Crippen molar-refractivity contribution in [2.24, 2.45) is 0 Å². The first-order valence-electron chi connectivity index (χ1n) is 7.30. The number of aryl methyl sites for hydroxylation is 1. The number of amides is 1. The standard InChI is InChI=1S/C14H18N4O4S/c1-9-5-11(17-22-9)6-15-14(19)13-7-16-18(10(13)2)12-3-4-23(20,21)8-12/h5,7,12H,3-4,6,8H2,1-2H3,(H,15,19). The predicted molar refractivity (Wildman–Crippen MR) is 81.7 cm³/mol. The third kappa shape index (κ3) is 3.29. The Hall–Kier alpha value is -2.16. The molecule has 1 amide bonds. The summed E-state index contributed by atoms with van der Waals surface area (Å²) in [4.78, 5) is 12.3. The summed E-state index contributed by atoms with van der Waals surface area (Å²) in [6.07, 6.45) is 2.01. The zero-order valence-electron chi connectivity index (χ0n) is 12.9. The first-order valence-corrected chi connectivity index (χ1v) is 9.13. The summed E-state index contributed by atoms with van der Waals surface area (Å²) >= 11 is 0. The number of carbonyl (C=O) groups is 1. The highest BCUT2D eigenvalue weighted by Crippen LogP contribution is 2.25. The van der Waals surface area contributed by atoms with Crippen LogP contribution >= 0.6 is 0 Å². The highest BCUT2D eigenvalue weighted by molar-refractivity contribution is 7.91. The van der Waals surface area contributed by atoms with E-state index in [9.17, 15) is 13.2 Å². The van der Waals surface area contributed by atoms with Crippen LogP contribution in [0.15, 0.2) is 16.8 Å². The van der Waals surface area contributed by atoms with E-state index in [1.807, 2.05) is 0 Å². The van der Waals surface area contributed by atoms with Crippen molar-refractivity contribution in [3.8, 4) is 0 Å². The molecule has 0 aliphatic carbocycles. The molecule has 1 unspecified atom stereocenters. The van der Waals surface area contributed by atoms with Crippen molar-refractivity contribution in [2.75, 3.05) is 11.5 Å². The molecule has 2 aromatic heterocycles. The van der Waals surface area contributed by atoms with Crippen LogP contribution in [0.1, 0.15) is 40.0 Å². The van der Waals surface area contributed by atoms with Gasteiger partial charge in [-0.1, -0.05) is 5.16 Å². The van der Waals surface area contributed by atoms with Crippen molar-refractivity contribution in [3.63, 3.8) is 0 Å². The number of hydrogen-bond acceptors (Lipinski definition) is 6. The molecule has 3 rings (SSSR count). The summed E-state index contributed by atoms with van der Waals surface area (Å²) in [7, 11) is -3.00. The van der Waals surface area contributed by atoms with Crippen LogP contribution in [0.4, 0.5) is 0 Å². The van der Waals surface area contributed by atoms with Gasteiger partial charge in [0.05, 0.1) is 35.9 Å². The van der Waals surface area contributed by atoms with Gasteiger partial charge in [0.2, 0.25) is 0 Å². The van der Waals surface area contributed by atoms with E-state index < -0.39 is 9.84 Å². The maximum Gasteiger partial charge on any atom is 0.255 e. The van der Waals surface area contributed by atoms with E-state index in [1.54, 1.807) is 24.6 Å². The molecule has 0 bridgehead atoms. The fourth-order valence-corrected chi connectivity index (χ4v) is 4.44. The highest BCUT2D eigenvalue weighted by Gasteiger charge is 2.31. The second kappa shape index (κ2) is 5.80. The van der Waals surface area contributed by atoms with E-state index in [0.717, 1.165) is 0 Å². The van der Waals surface area contributed by atoms with Gasteiger partial charge >= 0.3 is 0 Å². The maximum absolute atomic E-state index is 12.3. The average molecular weight is 338 g/mol. The smallest absolute Gasteiger partial charge is 0.255 e. The van der Waals surface area contributed by atoms with Crippen molar-refractivity contribution < 1.29 is 17.7 Å². The van der Waals surface area contributed by atoms with Crippen LogP contribution in [0.2, 0.25) is 0 Å². The fraction of sp³-hybridized carbons (Fsp3) is 0.500. The molecule has 124 valence electrons. The number of rotatable bonds is 4. The van der Waals surface area contributed by atoms with Gasteiger partial charge in [-0.05, 0) is 20.3 Å². The highest BCUT2D eigenvalue weighted by atomic mass is 32.2. The van der Waals surface area contributed by atoms with Crippen LogP contribution < -0.4 is 5.32 Å². The van der Waals surface area contributed by atoms with Crippen LogP contribution in [0.3, 0.4) is 0 Å². The van der Waals surface area contributed by atoms with E-state index in [4.69, 9.17) is 4.52 Å². The Balaban J connectivity index is 1.70. The van der Waals surface area contributed by atoms with E-state index >= 15 is 0 Å². The molecule has 8 nitrogen and oxygen atoms in total. The Morgan fingerprint density at radius 1 is 1.48 bits per heavy atom. The first kappa shape index (κ1) is 15.7. The third-order valence-electron chi connectivity index (χ3n) is 3.95. The molecular weight excluding hydrogens is 320 g/mol. The zero-order valence-corrected chi connectivity index (χ0v) is 13.8. The molecule has 9 heteroatoms. The van der Waals surface area contributed by atoms with Gasteiger partial charge in [-0.15, -0.1) is 0 Å². The van der Waals surface area contributed by atoms with Crippen LogP contribution in [-0.2, 0) is 16.4 Å². The molecule has 1 fully saturated rings. The predicted octanol–water partition coefficient (Wildman–Crippen LogP) is 0.778. The van der Waals surface area contributed by atoms with Crippen molar-refractivity contribution in [1.82, 2.24) is 20.3 Å². The molecule has 0 saturated carbocycles. The fourth-order valence-electron chi connectivity index (χ4n) is 2.75. The van der Waals surface area contributed by atoms with Crippen molar-refractivity contribution >= 4 is 15.7 Å². The minimum absolute atomic E-state index is 0.0782. The Bertz CT molecular complexity index is 837. The third-order valence-corrected chi connectivity index (χ3v) is 5.70.